The van der Waals surface area contributed by atoms with Gasteiger partial charge < -0.3 is 9.15 Å². The van der Waals surface area contributed by atoms with Gasteiger partial charge in [0.25, 0.3) is 0 Å². The highest BCUT2D eigenvalue weighted by atomic mass is 32.1. The maximum atomic E-state index is 13.6. The molecule has 0 aliphatic rings. The Hall–Kier alpha value is -3.84. The number of nitrogens with zero attached hydrogens (tertiary/aromatic N) is 1. The largest absolute Gasteiger partial charge is 0.459 e. The Morgan fingerprint density at radius 2 is 1.79 bits per heavy atom. The zero-order chi connectivity index (χ0) is 24.0. The van der Waals surface area contributed by atoms with Gasteiger partial charge in [0, 0.05) is 11.5 Å². The van der Waals surface area contributed by atoms with Crippen LogP contribution in [0.2, 0.25) is 0 Å². The third-order valence-corrected chi connectivity index (χ3v) is 6.65. The van der Waals surface area contributed by atoms with Gasteiger partial charge in [-0.15, -0.1) is 11.3 Å². The van der Waals surface area contributed by atoms with Gasteiger partial charge >= 0.3 is 5.97 Å². The van der Waals surface area contributed by atoms with E-state index in [9.17, 15) is 14.0 Å². The summed E-state index contributed by atoms with van der Waals surface area (Å²) in [5.74, 6) is -0.344. The van der Waals surface area contributed by atoms with Crippen molar-refractivity contribution in [3.05, 3.63) is 93.6 Å². The fraction of sp³-hybridized carbons (Fsp3) is 0.148. The monoisotopic (exact) mass is 473 g/mol. The second-order valence-corrected chi connectivity index (χ2v) is 9.30. The Kier molecular flexibility index (Phi) is 5.49. The first-order chi connectivity index (χ1) is 16.3. The zero-order valence-corrected chi connectivity index (χ0v) is 19.5. The van der Waals surface area contributed by atoms with Gasteiger partial charge in [-0.25, -0.2) is 14.2 Å². The molecule has 0 bridgehead atoms. The summed E-state index contributed by atoms with van der Waals surface area (Å²) in [5.41, 5.74) is 2.22. The van der Waals surface area contributed by atoms with Gasteiger partial charge in [0.15, 0.2) is 0 Å². The maximum Gasteiger partial charge on any atom is 0.343 e. The first-order valence-corrected chi connectivity index (χ1v) is 11.6. The van der Waals surface area contributed by atoms with E-state index >= 15 is 0 Å². The van der Waals surface area contributed by atoms with Crippen molar-refractivity contribution in [2.24, 2.45) is 0 Å². The fourth-order valence-electron chi connectivity index (χ4n) is 3.84. The summed E-state index contributed by atoms with van der Waals surface area (Å²) in [5, 5.41) is 1.00. The lowest BCUT2D eigenvalue weighted by Gasteiger charge is -2.14. The number of aryl methyl sites for hydroxylation is 1. The molecule has 0 aliphatic heterocycles. The summed E-state index contributed by atoms with van der Waals surface area (Å²) in [6.45, 7) is 5.64. The number of aromatic nitrogens is 1. The molecule has 5 aromatic rings. The molecule has 0 saturated carbocycles. The molecule has 0 radical (unpaired) electrons. The SMILES string of the molecule is Cc1c(OC(=O)c2ccc(F)cc2)ccc2c(=O)c(-c3nc4ccccc4s3)c(C(C)C)oc12. The van der Waals surface area contributed by atoms with E-state index in [1.807, 2.05) is 38.1 Å². The van der Waals surface area contributed by atoms with Crippen LogP contribution in [0.25, 0.3) is 31.8 Å². The summed E-state index contributed by atoms with van der Waals surface area (Å²) in [6, 6.07) is 16.0. The van der Waals surface area contributed by atoms with Gasteiger partial charge in [-0.2, -0.15) is 0 Å². The normalized spacial score (nSPS) is 11.4. The second kappa shape index (κ2) is 8.50. The summed E-state index contributed by atoms with van der Waals surface area (Å²) in [7, 11) is 0. The van der Waals surface area contributed by atoms with Crippen LogP contribution in [0.5, 0.6) is 5.75 Å². The molecule has 0 saturated heterocycles. The van der Waals surface area contributed by atoms with Crippen molar-refractivity contribution in [1.29, 1.82) is 0 Å². The molecule has 0 N–H and O–H groups in total. The average molecular weight is 474 g/mol. The molecule has 0 amide bonds. The first-order valence-electron chi connectivity index (χ1n) is 10.8. The lowest BCUT2D eigenvalue weighted by atomic mass is 10.0. The van der Waals surface area contributed by atoms with Crippen molar-refractivity contribution in [3.8, 4) is 16.3 Å². The van der Waals surface area contributed by atoms with E-state index in [4.69, 9.17) is 9.15 Å². The number of carbonyl (C=O) groups is 1. The van der Waals surface area contributed by atoms with Crippen LogP contribution in [0.1, 0.15) is 41.4 Å². The van der Waals surface area contributed by atoms with Crippen LogP contribution in [0, 0.1) is 12.7 Å². The summed E-state index contributed by atoms with van der Waals surface area (Å²) in [4.78, 5) is 30.8. The predicted molar refractivity (Wildman–Crippen MR) is 131 cm³/mol. The lowest BCUT2D eigenvalue weighted by Crippen LogP contribution is -2.12. The number of benzene rings is 3. The Labute approximate surface area is 198 Å². The number of thiazole rings is 1. The topological polar surface area (TPSA) is 69.4 Å². The number of para-hydroxylation sites is 1. The second-order valence-electron chi connectivity index (χ2n) is 8.27. The summed E-state index contributed by atoms with van der Waals surface area (Å²) < 4.78 is 26.0. The van der Waals surface area contributed by atoms with E-state index in [1.54, 1.807) is 19.1 Å². The Morgan fingerprint density at radius 3 is 2.50 bits per heavy atom. The van der Waals surface area contributed by atoms with Crippen LogP contribution in [0.3, 0.4) is 0 Å². The number of halogens is 1. The van der Waals surface area contributed by atoms with Crippen LogP contribution in [0.15, 0.2) is 69.9 Å². The molecule has 0 fully saturated rings. The number of ether oxygens (including phenoxy) is 1. The molecule has 2 heterocycles. The number of hydrogen-bond donors (Lipinski definition) is 0. The minimum atomic E-state index is -0.625. The Bertz CT molecular complexity index is 1580. The molecule has 0 aliphatic carbocycles. The molecular formula is C27H20FNO4S. The van der Waals surface area contributed by atoms with Gasteiger partial charge in [-0.05, 0) is 55.5 Å². The van der Waals surface area contributed by atoms with Gasteiger partial charge in [-0.1, -0.05) is 26.0 Å². The Morgan fingerprint density at radius 1 is 1.06 bits per heavy atom. The van der Waals surface area contributed by atoms with Gasteiger partial charge in [-0.3, -0.25) is 4.79 Å². The highest BCUT2D eigenvalue weighted by molar-refractivity contribution is 7.21. The van der Waals surface area contributed by atoms with Gasteiger partial charge in [0.05, 0.1) is 26.7 Å². The molecule has 0 atom stereocenters. The molecule has 0 unspecified atom stereocenters. The quantitative estimate of drug-likeness (QED) is 0.211. The van der Waals surface area contributed by atoms with Crippen LogP contribution in [-0.4, -0.2) is 11.0 Å². The summed E-state index contributed by atoms with van der Waals surface area (Å²) >= 11 is 1.45. The van der Waals surface area contributed by atoms with E-state index in [1.165, 1.54) is 35.6 Å². The van der Waals surface area contributed by atoms with Crippen molar-refractivity contribution in [2.45, 2.75) is 26.7 Å². The predicted octanol–water partition coefficient (Wildman–Crippen LogP) is 6.86. The average Bonchev–Trinajstić information content (AvgIpc) is 3.25. The number of fused-ring (bicyclic) bond motifs is 2. The van der Waals surface area contributed by atoms with Gasteiger partial charge in [0.2, 0.25) is 5.43 Å². The highest BCUT2D eigenvalue weighted by Crippen LogP contribution is 2.36. The minimum absolute atomic E-state index is 0.0797. The molecule has 170 valence electrons. The number of rotatable bonds is 4. The minimum Gasteiger partial charge on any atom is -0.459 e. The van der Waals surface area contributed by atoms with E-state index in [0.29, 0.717) is 32.9 Å². The molecule has 5 nitrogen and oxygen atoms in total. The standard InChI is InChI=1S/C27H20FNO4S/c1-14(2)24-22(26-29-19-6-4-5-7-21(19)34-26)23(30)18-12-13-20(15(3)25(18)33-24)32-27(31)16-8-10-17(28)11-9-16/h4-14H,1-3H3. The Balaban J connectivity index is 1.63. The van der Waals surface area contributed by atoms with Crippen LogP contribution in [0.4, 0.5) is 4.39 Å². The van der Waals surface area contributed by atoms with E-state index < -0.39 is 11.8 Å². The number of hydrogen-bond acceptors (Lipinski definition) is 6. The van der Waals surface area contributed by atoms with Crippen LogP contribution >= 0.6 is 11.3 Å². The van der Waals surface area contributed by atoms with Crippen molar-refractivity contribution in [3.63, 3.8) is 0 Å². The van der Waals surface area contributed by atoms with Crippen molar-refractivity contribution >= 4 is 38.5 Å². The molecule has 5 rings (SSSR count). The third-order valence-electron chi connectivity index (χ3n) is 5.60. The highest BCUT2D eigenvalue weighted by Gasteiger charge is 2.23. The number of carbonyl (C=O) groups excluding carboxylic acids is 1. The number of esters is 1. The molecule has 0 spiro atoms. The van der Waals surface area contributed by atoms with Crippen molar-refractivity contribution < 1.29 is 18.3 Å². The molecule has 7 heteroatoms. The lowest BCUT2D eigenvalue weighted by molar-refractivity contribution is 0.0733. The first kappa shape index (κ1) is 22.0. The van der Waals surface area contributed by atoms with Gasteiger partial charge in [0.1, 0.15) is 27.9 Å². The van der Waals surface area contributed by atoms with Crippen LogP contribution < -0.4 is 10.2 Å². The van der Waals surface area contributed by atoms with Crippen molar-refractivity contribution in [2.75, 3.05) is 0 Å². The van der Waals surface area contributed by atoms with E-state index in [2.05, 4.69) is 4.98 Å². The molecule has 3 aromatic carbocycles. The molecule has 2 aromatic heterocycles. The maximum absolute atomic E-state index is 13.6. The van der Waals surface area contributed by atoms with E-state index in [0.717, 1.165) is 10.2 Å². The zero-order valence-electron chi connectivity index (χ0n) is 18.7. The third kappa shape index (κ3) is 3.78. The molecular weight excluding hydrogens is 453 g/mol. The smallest absolute Gasteiger partial charge is 0.343 e. The molecule has 34 heavy (non-hydrogen) atoms. The summed E-state index contributed by atoms with van der Waals surface area (Å²) in [6.07, 6.45) is 0. The van der Waals surface area contributed by atoms with E-state index in [-0.39, 0.29) is 22.7 Å². The fourth-order valence-corrected chi connectivity index (χ4v) is 4.85. The van der Waals surface area contributed by atoms with Crippen molar-refractivity contribution in [1.82, 2.24) is 4.98 Å². The van der Waals surface area contributed by atoms with Crippen LogP contribution in [-0.2, 0) is 0 Å².